The number of hydrogen-bond acceptors (Lipinski definition) is 2. The Morgan fingerprint density at radius 1 is 1.00 bits per heavy atom. The smallest absolute Gasteiger partial charge is 0.254 e. The summed E-state index contributed by atoms with van der Waals surface area (Å²) in [5, 5.41) is 4.82. The van der Waals surface area contributed by atoms with E-state index < -0.39 is 5.82 Å². The van der Waals surface area contributed by atoms with Gasteiger partial charge in [-0.1, -0.05) is 23.8 Å². The average molecular weight is 386 g/mol. The highest BCUT2D eigenvalue weighted by Gasteiger charge is 2.31. The summed E-state index contributed by atoms with van der Waals surface area (Å²) in [6.45, 7) is 2.89. The third kappa shape index (κ3) is 3.02. The molecule has 0 N–H and O–H groups in total. The van der Waals surface area contributed by atoms with Gasteiger partial charge >= 0.3 is 0 Å². The number of nitrogens with zero attached hydrogens (tertiary/aromatic N) is 4. The highest BCUT2D eigenvalue weighted by Crippen LogP contribution is 2.31. The Morgan fingerprint density at radius 3 is 2.48 bits per heavy atom. The van der Waals surface area contributed by atoms with Gasteiger partial charge in [-0.15, -0.1) is 0 Å². The highest BCUT2D eigenvalue weighted by atomic mass is 19.1. The van der Waals surface area contributed by atoms with Crippen molar-refractivity contribution in [2.45, 2.75) is 20.0 Å². The van der Waals surface area contributed by atoms with Crippen molar-refractivity contribution in [1.29, 1.82) is 0 Å². The third-order valence-electron chi connectivity index (χ3n) is 5.22. The molecule has 4 aromatic rings. The summed E-state index contributed by atoms with van der Waals surface area (Å²) < 4.78 is 17.5. The van der Waals surface area contributed by atoms with Gasteiger partial charge < -0.3 is 9.47 Å². The molecule has 144 valence electrons. The van der Waals surface area contributed by atoms with E-state index in [0.29, 0.717) is 18.7 Å². The van der Waals surface area contributed by atoms with Crippen molar-refractivity contribution in [3.05, 3.63) is 101 Å². The monoisotopic (exact) mass is 386 g/mol. The lowest BCUT2D eigenvalue weighted by molar-refractivity contribution is 0.0748. The summed E-state index contributed by atoms with van der Waals surface area (Å²) in [5.41, 5.74) is 4.37. The van der Waals surface area contributed by atoms with Gasteiger partial charge in [-0.3, -0.25) is 4.79 Å². The molecule has 2 aromatic heterocycles. The predicted molar refractivity (Wildman–Crippen MR) is 108 cm³/mol. The third-order valence-corrected chi connectivity index (χ3v) is 5.22. The van der Waals surface area contributed by atoms with Crippen LogP contribution in [0.4, 0.5) is 4.39 Å². The van der Waals surface area contributed by atoms with Crippen LogP contribution in [0.5, 0.6) is 0 Å². The van der Waals surface area contributed by atoms with E-state index in [1.54, 1.807) is 17.0 Å². The lowest BCUT2D eigenvalue weighted by Crippen LogP contribution is -2.26. The molecule has 0 fully saturated rings. The molecule has 0 saturated carbocycles. The largest absolute Gasteiger partial charge is 0.328 e. The zero-order chi connectivity index (χ0) is 20.0. The summed E-state index contributed by atoms with van der Waals surface area (Å²) in [7, 11) is 0. The number of amides is 1. The Labute approximate surface area is 167 Å². The maximum atomic E-state index is 13.5. The van der Waals surface area contributed by atoms with Gasteiger partial charge in [0.2, 0.25) is 0 Å². The van der Waals surface area contributed by atoms with Crippen molar-refractivity contribution >= 4 is 5.91 Å². The van der Waals surface area contributed by atoms with E-state index in [4.69, 9.17) is 5.10 Å². The first kappa shape index (κ1) is 17.4. The minimum atomic E-state index is -0.412. The van der Waals surface area contributed by atoms with Crippen LogP contribution in [0.15, 0.2) is 73.1 Å². The van der Waals surface area contributed by atoms with Crippen molar-refractivity contribution < 1.29 is 9.18 Å². The van der Waals surface area contributed by atoms with E-state index in [2.05, 4.69) is 19.1 Å². The molecule has 29 heavy (non-hydrogen) atoms. The van der Waals surface area contributed by atoms with Crippen LogP contribution in [0.2, 0.25) is 0 Å². The number of rotatable bonds is 3. The molecule has 0 bridgehead atoms. The molecule has 1 aliphatic heterocycles. The van der Waals surface area contributed by atoms with Crippen LogP contribution in [-0.4, -0.2) is 25.2 Å². The molecule has 0 radical (unpaired) electrons. The molecule has 1 amide bonds. The maximum absolute atomic E-state index is 13.5. The van der Waals surface area contributed by atoms with Gasteiger partial charge in [0.05, 0.1) is 24.5 Å². The first-order valence-corrected chi connectivity index (χ1v) is 9.46. The fourth-order valence-corrected chi connectivity index (χ4v) is 3.76. The van der Waals surface area contributed by atoms with Gasteiger partial charge in [0.25, 0.3) is 5.91 Å². The normalized spacial score (nSPS) is 13.0. The SMILES string of the molecule is Cc1ccc(-n2nc3c(c2-n2cccc2)CN(C(=O)c2cccc(F)c2)C3)cc1. The number of carbonyl (C=O) groups is 1. The van der Waals surface area contributed by atoms with Crippen LogP contribution in [0, 0.1) is 12.7 Å². The summed E-state index contributed by atoms with van der Waals surface area (Å²) in [6, 6.07) is 17.9. The van der Waals surface area contributed by atoms with Gasteiger partial charge in [-0.2, -0.15) is 5.10 Å². The summed E-state index contributed by atoms with van der Waals surface area (Å²) >= 11 is 0. The Kier molecular flexibility index (Phi) is 4.05. The second kappa shape index (κ2) is 6.74. The molecule has 0 unspecified atom stereocenters. The number of benzene rings is 2. The molecule has 2 aromatic carbocycles. The van der Waals surface area contributed by atoms with Gasteiger partial charge in [0.1, 0.15) is 11.6 Å². The summed E-state index contributed by atoms with van der Waals surface area (Å²) in [6.07, 6.45) is 3.94. The molecule has 0 aliphatic carbocycles. The van der Waals surface area contributed by atoms with E-state index in [1.165, 1.54) is 17.7 Å². The topological polar surface area (TPSA) is 43.1 Å². The molecule has 0 spiro atoms. The molecule has 3 heterocycles. The van der Waals surface area contributed by atoms with Crippen LogP contribution in [-0.2, 0) is 13.1 Å². The molecular formula is C23H19FN4O. The number of aromatic nitrogens is 3. The number of fused-ring (bicyclic) bond motifs is 1. The van der Waals surface area contributed by atoms with E-state index in [1.807, 2.05) is 45.9 Å². The Balaban J connectivity index is 1.54. The molecule has 5 rings (SSSR count). The highest BCUT2D eigenvalue weighted by molar-refractivity contribution is 5.94. The van der Waals surface area contributed by atoms with Crippen molar-refractivity contribution in [3.63, 3.8) is 0 Å². The molecule has 1 aliphatic rings. The van der Waals surface area contributed by atoms with Gasteiger partial charge in [0.15, 0.2) is 0 Å². The van der Waals surface area contributed by atoms with E-state index in [0.717, 1.165) is 22.8 Å². The zero-order valence-electron chi connectivity index (χ0n) is 15.9. The summed E-state index contributed by atoms with van der Waals surface area (Å²) in [4.78, 5) is 14.6. The molecule has 0 saturated heterocycles. The number of aryl methyl sites for hydroxylation is 1. The average Bonchev–Trinajstić information content (AvgIpc) is 3.44. The molecule has 0 atom stereocenters. The minimum absolute atomic E-state index is 0.192. The predicted octanol–water partition coefficient (Wildman–Crippen LogP) is 4.27. The maximum Gasteiger partial charge on any atom is 0.254 e. The first-order valence-electron chi connectivity index (χ1n) is 9.46. The van der Waals surface area contributed by atoms with Gasteiger partial charge in [-0.05, 0) is 49.4 Å². The molecular weight excluding hydrogens is 367 g/mol. The van der Waals surface area contributed by atoms with Crippen LogP contribution >= 0.6 is 0 Å². The first-order chi connectivity index (χ1) is 14.1. The fraction of sp³-hybridized carbons (Fsp3) is 0.130. The Bertz CT molecular complexity index is 1190. The van der Waals surface area contributed by atoms with E-state index in [-0.39, 0.29) is 5.91 Å². The lowest BCUT2D eigenvalue weighted by atomic mass is 10.2. The quantitative estimate of drug-likeness (QED) is 0.528. The second-order valence-corrected chi connectivity index (χ2v) is 7.26. The van der Waals surface area contributed by atoms with Crippen molar-refractivity contribution in [1.82, 2.24) is 19.2 Å². The molecule has 5 nitrogen and oxygen atoms in total. The number of carbonyl (C=O) groups excluding carboxylic acids is 1. The zero-order valence-corrected chi connectivity index (χ0v) is 15.9. The van der Waals surface area contributed by atoms with Gasteiger partial charge in [0, 0.05) is 23.5 Å². The molecule has 6 heteroatoms. The van der Waals surface area contributed by atoms with Crippen molar-refractivity contribution in [2.75, 3.05) is 0 Å². The van der Waals surface area contributed by atoms with Crippen LogP contribution < -0.4 is 0 Å². The van der Waals surface area contributed by atoms with E-state index in [9.17, 15) is 9.18 Å². The fourth-order valence-electron chi connectivity index (χ4n) is 3.76. The second-order valence-electron chi connectivity index (χ2n) is 7.26. The number of hydrogen-bond donors (Lipinski definition) is 0. The van der Waals surface area contributed by atoms with Gasteiger partial charge in [-0.25, -0.2) is 9.07 Å². The van der Waals surface area contributed by atoms with Crippen LogP contribution in [0.25, 0.3) is 11.5 Å². The van der Waals surface area contributed by atoms with Crippen LogP contribution in [0.3, 0.4) is 0 Å². The minimum Gasteiger partial charge on any atom is -0.328 e. The van der Waals surface area contributed by atoms with Crippen molar-refractivity contribution in [2.24, 2.45) is 0 Å². The Morgan fingerprint density at radius 2 is 1.76 bits per heavy atom. The lowest BCUT2D eigenvalue weighted by Gasteiger charge is -2.17. The van der Waals surface area contributed by atoms with Crippen LogP contribution in [0.1, 0.15) is 27.2 Å². The number of halogens is 1. The van der Waals surface area contributed by atoms with E-state index >= 15 is 0 Å². The van der Waals surface area contributed by atoms with Crippen molar-refractivity contribution in [3.8, 4) is 11.5 Å². The Hall–Kier alpha value is -3.67. The summed E-state index contributed by atoms with van der Waals surface area (Å²) in [5.74, 6) is 0.316. The standard InChI is InChI=1S/C23H19FN4O/c1-16-7-9-19(10-8-16)28-22(26-11-2-3-12-26)20-14-27(15-21(20)25-28)23(29)17-5-4-6-18(24)13-17/h2-13H,14-15H2,1H3.